The molecule has 0 saturated heterocycles. The van der Waals surface area contributed by atoms with Gasteiger partial charge in [-0.3, -0.25) is 0 Å². The van der Waals surface area contributed by atoms with Crippen LogP contribution in [0.1, 0.15) is 0 Å². The third-order valence-corrected chi connectivity index (χ3v) is 5.43. The fourth-order valence-corrected chi connectivity index (χ4v) is 4.40. The van der Waals surface area contributed by atoms with Crippen molar-refractivity contribution in [3.63, 3.8) is 0 Å². The monoisotopic (exact) mass is 310 g/mol. The summed E-state index contributed by atoms with van der Waals surface area (Å²) >= 11 is 1.66. The fraction of sp³-hybridized carbons (Fsp3) is 0. The summed E-state index contributed by atoms with van der Waals surface area (Å²) in [4.78, 5) is 9.87. The predicted octanol–water partition coefficient (Wildman–Crippen LogP) is 5.74. The van der Waals surface area contributed by atoms with Gasteiger partial charge in [0.15, 0.2) is 0 Å². The van der Waals surface area contributed by atoms with Crippen LogP contribution in [0, 0.1) is 0 Å². The molecule has 0 amide bonds. The molecule has 0 radical (unpaired) electrons. The van der Waals surface area contributed by atoms with E-state index in [-0.39, 0.29) is 0 Å². The lowest BCUT2D eigenvalue weighted by atomic mass is 9.93. The van der Waals surface area contributed by atoms with Gasteiger partial charge in [0.25, 0.3) is 0 Å². The van der Waals surface area contributed by atoms with Crippen molar-refractivity contribution >= 4 is 65.7 Å². The maximum Gasteiger partial charge on any atom is 0.100 e. The Labute approximate surface area is 135 Å². The van der Waals surface area contributed by atoms with E-state index in [2.05, 4.69) is 59.3 Å². The van der Waals surface area contributed by atoms with Crippen LogP contribution in [0.5, 0.6) is 0 Å². The summed E-state index contributed by atoms with van der Waals surface area (Å²) in [6, 6.07) is 17.3. The Balaban J connectivity index is 2.09. The number of aromatic nitrogens is 2. The second kappa shape index (κ2) is 3.94. The second-order valence-corrected chi connectivity index (χ2v) is 6.68. The van der Waals surface area contributed by atoms with E-state index in [1.54, 1.807) is 11.3 Å². The van der Waals surface area contributed by atoms with Crippen molar-refractivity contribution in [1.82, 2.24) is 9.97 Å². The van der Waals surface area contributed by atoms with Crippen molar-refractivity contribution in [1.29, 1.82) is 0 Å². The average molecular weight is 310 g/mol. The van der Waals surface area contributed by atoms with Gasteiger partial charge >= 0.3 is 0 Å². The molecule has 6 rings (SSSR count). The van der Waals surface area contributed by atoms with Crippen molar-refractivity contribution < 1.29 is 0 Å². The molecule has 0 bridgehead atoms. The summed E-state index contributed by atoms with van der Waals surface area (Å²) in [5.41, 5.74) is 3.98. The molecule has 2 aromatic heterocycles. The molecule has 4 aromatic carbocycles. The first-order valence-electron chi connectivity index (χ1n) is 7.59. The molecule has 3 heteroatoms. The lowest BCUT2D eigenvalue weighted by Gasteiger charge is -2.13. The van der Waals surface area contributed by atoms with E-state index in [4.69, 9.17) is 9.97 Å². The molecule has 0 atom stereocenters. The lowest BCUT2D eigenvalue weighted by Crippen LogP contribution is -1.91. The molecule has 0 aliphatic heterocycles. The van der Waals surface area contributed by atoms with Crippen LogP contribution in [0.4, 0.5) is 0 Å². The van der Waals surface area contributed by atoms with Crippen LogP contribution in [-0.4, -0.2) is 9.97 Å². The first kappa shape index (κ1) is 11.7. The van der Waals surface area contributed by atoms with E-state index >= 15 is 0 Å². The zero-order valence-corrected chi connectivity index (χ0v) is 12.9. The smallest absolute Gasteiger partial charge is 0.100 e. The van der Waals surface area contributed by atoms with Crippen molar-refractivity contribution in [3.05, 3.63) is 59.3 Å². The summed E-state index contributed by atoms with van der Waals surface area (Å²) in [7, 11) is 0. The fourth-order valence-electron chi connectivity index (χ4n) is 3.72. The van der Waals surface area contributed by atoms with E-state index in [0.29, 0.717) is 0 Å². The number of hydrogen-bond acceptors (Lipinski definition) is 3. The number of fused-ring (bicyclic) bond motifs is 4. The molecule has 2 heterocycles. The Kier molecular flexibility index (Phi) is 2.01. The normalized spacial score (nSPS) is 12.3. The molecule has 0 N–H and O–H groups in total. The molecular formula is C20H10N2S. The van der Waals surface area contributed by atoms with E-state index < -0.39 is 0 Å². The van der Waals surface area contributed by atoms with E-state index in [0.717, 1.165) is 22.1 Å². The lowest BCUT2D eigenvalue weighted by molar-refractivity contribution is 1.44. The highest BCUT2D eigenvalue weighted by Crippen LogP contribution is 2.39. The van der Waals surface area contributed by atoms with Gasteiger partial charge in [-0.25, -0.2) is 9.97 Å². The standard InChI is InChI=1S/C20H10N2S/c1-3-11-7-8-12-4-2-6-14-18(12)17(11)13(5-1)19-20(14)22-16-10-23-9-15(16)21-19/h1-10H. The van der Waals surface area contributed by atoms with Crippen molar-refractivity contribution in [3.8, 4) is 0 Å². The number of hydrogen-bond donors (Lipinski definition) is 0. The molecule has 2 nitrogen and oxygen atoms in total. The van der Waals surface area contributed by atoms with Gasteiger partial charge < -0.3 is 0 Å². The van der Waals surface area contributed by atoms with Gasteiger partial charge in [-0.15, -0.1) is 11.3 Å². The van der Waals surface area contributed by atoms with Crippen LogP contribution in [0.2, 0.25) is 0 Å². The summed E-state index contributed by atoms with van der Waals surface area (Å²) in [6.45, 7) is 0. The predicted molar refractivity (Wildman–Crippen MR) is 98.6 cm³/mol. The summed E-state index contributed by atoms with van der Waals surface area (Å²) < 4.78 is 0. The third kappa shape index (κ3) is 1.38. The SMILES string of the molecule is c1cc2ccc3cccc4c5nc6cscc6nc5c(c1)c2c34. The molecule has 6 aromatic rings. The maximum atomic E-state index is 4.93. The zero-order valence-electron chi connectivity index (χ0n) is 12.1. The van der Waals surface area contributed by atoms with Crippen LogP contribution in [-0.2, 0) is 0 Å². The Bertz CT molecular complexity index is 1260. The minimum absolute atomic E-state index is 0.984. The second-order valence-electron chi connectivity index (χ2n) is 5.94. The topological polar surface area (TPSA) is 25.8 Å². The summed E-state index contributed by atoms with van der Waals surface area (Å²) in [5.74, 6) is 0. The highest BCUT2D eigenvalue weighted by Gasteiger charge is 2.15. The molecule has 23 heavy (non-hydrogen) atoms. The van der Waals surface area contributed by atoms with Gasteiger partial charge in [0.05, 0.1) is 11.0 Å². The molecular weight excluding hydrogens is 300 g/mol. The molecule has 106 valence electrons. The third-order valence-electron chi connectivity index (χ3n) is 4.71. The van der Waals surface area contributed by atoms with Crippen LogP contribution in [0.25, 0.3) is 54.4 Å². The number of nitrogens with zero attached hydrogens (tertiary/aromatic N) is 2. The quantitative estimate of drug-likeness (QED) is 0.264. The Hall–Kier alpha value is -2.78. The highest BCUT2D eigenvalue weighted by atomic mass is 32.1. The maximum absolute atomic E-state index is 4.93. The number of thiophene rings is 1. The van der Waals surface area contributed by atoms with Gasteiger partial charge in [0, 0.05) is 21.5 Å². The summed E-state index contributed by atoms with van der Waals surface area (Å²) in [6.07, 6.45) is 0. The Morgan fingerprint density at radius 1 is 0.609 bits per heavy atom. The zero-order chi connectivity index (χ0) is 15.0. The van der Waals surface area contributed by atoms with Crippen LogP contribution >= 0.6 is 11.3 Å². The Morgan fingerprint density at radius 2 is 1.13 bits per heavy atom. The molecule has 0 fully saturated rings. The molecule has 0 aliphatic carbocycles. The van der Waals surface area contributed by atoms with E-state index in [1.165, 1.54) is 32.3 Å². The van der Waals surface area contributed by atoms with E-state index in [9.17, 15) is 0 Å². The summed E-state index contributed by atoms with van der Waals surface area (Å²) in [5, 5.41) is 11.7. The Morgan fingerprint density at radius 3 is 1.65 bits per heavy atom. The first-order chi connectivity index (χ1) is 11.4. The van der Waals surface area contributed by atoms with Crippen molar-refractivity contribution in [2.45, 2.75) is 0 Å². The van der Waals surface area contributed by atoms with Gasteiger partial charge in [-0.1, -0.05) is 48.5 Å². The highest BCUT2D eigenvalue weighted by molar-refractivity contribution is 7.09. The average Bonchev–Trinajstić information content (AvgIpc) is 3.06. The van der Waals surface area contributed by atoms with Crippen LogP contribution in [0.15, 0.2) is 59.3 Å². The number of benzene rings is 4. The molecule has 0 spiro atoms. The van der Waals surface area contributed by atoms with Crippen molar-refractivity contribution in [2.24, 2.45) is 0 Å². The van der Waals surface area contributed by atoms with Crippen molar-refractivity contribution in [2.75, 3.05) is 0 Å². The first-order valence-corrected chi connectivity index (χ1v) is 8.53. The molecule has 0 saturated carbocycles. The largest absolute Gasteiger partial charge is 0.243 e. The van der Waals surface area contributed by atoms with E-state index in [1.807, 2.05) is 0 Å². The minimum Gasteiger partial charge on any atom is -0.243 e. The molecule has 0 unspecified atom stereocenters. The molecule has 0 aliphatic rings. The van der Waals surface area contributed by atoms with Crippen LogP contribution in [0.3, 0.4) is 0 Å². The van der Waals surface area contributed by atoms with Gasteiger partial charge in [-0.05, 0) is 21.5 Å². The van der Waals surface area contributed by atoms with Gasteiger partial charge in [0.1, 0.15) is 11.0 Å². The van der Waals surface area contributed by atoms with Crippen LogP contribution < -0.4 is 0 Å². The van der Waals surface area contributed by atoms with Gasteiger partial charge in [-0.2, -0.15) is 0 Å². The minimum atomic E-state index is 0.984. The van der Waals surface area contributed by atoms with Gasteiger partial charge in [0.2, 0.25) is 0 Å². The number of rotatable bonds is 0.